The summed E-state index contributed by atoms with van der Waals surface area (Å²) in [7, 11) is 0. The quantitative estimate of drug-likeness (QED) is 0.282. The molecule has 0 bridgehead atoms. The van der Waals surface area contributed by atoms with E-state index in [2.05, 4.69) is 42.7 Å². The fraction of sp³-hybridized carbons (Fsp3) is 0.882. The van der Waals surface area contributed by atoms with Crippen LogP contribution >= 0.6 is 35.7 Å². The number of guanidine groups is 1. The van der Waals surface area contributed by atoms with E-state index in [1.54, 1.807) is 0 Å². The molecule has 2 rings (SSSR count). The molecule has 7 heteroatoms. The average Bonchev–Trinajstić information content (AvgIpc) is 2.95. The van der Waals surface area contributed by atoms with Crippen LogP contribution in [0.2, 0.25) is 0 Å². The molecule has 2 aliphatic rings. The van der Waals surface area contributed by atoms with Crippen molar-refractivity contribution in [2.24, 2.45) is 10.9 Å². The molecule has 0 aromatic heterocycles. The molecular weight excluding hydrogens is 435 g/mol. The number of hydrogen-bond donors (Lipinski definition) is 1. The van der Waals surface area contributed by atoms with Crippen molar-refractivity contribution in [1.29, 1.82) is 0 Å². The molecule has 0 aromatic carbocycles. The number of aliphatic imine (C=N–C) groups is 1. The van der Waals surface area contributed by atoms with E-state index in [0.717, 1.165) is 64.5 Å². The summed E-state index contributed by atoms with van der Waals surface area (Å²) in [5.74, 6) is 3.24. The summed E-state index contributed by atoms with van der Waals surface area (Å²) in [6, 6.07) is 0. The maximum Gasteiger partial charge on any atom is 0.222 e. The fourth-order valence-electron chi connectivity index (χ4n) is 3.08. The van der Waals surface area contributed by atoms with Crippen molar-refractivity contribution in [1.82, 2.24) is 15.1 Å². The van der Waals surface area contributed by atoms with Gasteiger partial charge in [0.25, 0.3) is 0 Å². The minimum absolute atomic E-state index is 0. The third-order valence-corrected chi connectivity index (χ3v) is 6.03. The Morgan fingerprint density at radius 2 is 2.21 bits per heavy atom. The highest BCUT2D eigenvalue weighted by atomic mass is 127. The fourth-order valence-corrected chi connectivity index (χ4v) is 4.38. The molecule has 0 radical (unpaired) electrons. The third-order valence-electron chi connectivity index (χ3n) is 4.49. The van der Waals surface area contributed by atoms with Gasteiger partial charge in [-0.05, 0) is 25.7 Å². The highest BCUT2D eigenvalue weighted by molar-refractivity contribution is 14.0. The van der Waals surface area contributed by atoms with Gasteiger partial charge >= 0.3 is 0 Å². The molecule has 2 saturated heterocycles. The van der Waals surface area contributed by atoms with Crippen LogP contribution in [0.25, 0.3) is 0 Å². The van der Waals surface area contributed by atoms with Gasteiger partial charge in [-0.2, -0.15) is 11.8 Å². The minimum Gasteiger partial charge on any atom is -0.357 e. The number of carbonyl (C=O) groups excluding carboxylic acids is 1. The van der Waals surface area contributed by atoms with Gasteiger partial charge in [-0.15, -0.1) is 24.0 Å². The Kier molecular flexibility index (Phi) is 10.4. The zero-order valence-electron chi connectivity index (χ0n) is 15.3. The Morgan fingerprint density at radius 1 is 1.42 bits per heavy atom. The molecule has 0 aliphatic carbocycles. The lowest BCUT2D eigenvalue weighted by atomic mass is 10.1. The van der Waals surface area contributed by atoms with Gasteiger partial charge in [0.2, 0.25) is 5.91 Å². The van der Waals surface area contributed by atoms with Gasteiger partial charge in [-0.1, -0.05) is 13.8 Å². The number of likely N-dealkylation sites (tertiary alicyclic amines) is 1. The van der Waals surface area contributed by atoms with Gasteiger partial charge in [0.15, 0.2) is 5.96 Å². The molecule has 0 aromatic rings. The van der Waals surface area contributed by atoms with Crippen molar-refractivity contribution in [3.63, 3.8) is 0 Å². The third kappa shape index (κ3) is 6.61. The zero-order valence-corrected chi connectivity index (χ0v) is 18.4. The molecule has 0 spiro atoms. The van der Waals surface area contributed by atoms with Crippen LogP contribution in [-0.4, -0.2) is 71.9 Å². The summed E-state index contributed by atoms with van der Waals surface area (Å²) in [5, 5.41) is 4.12. The molecule has 0 saturated carbocycles. The van der Waals surface area contributed by atoms with Crippen molar-refractivity contribution in [2.75, 3.05) is 45.0 Å². The first kappa shape index (κ1) is 21.9. The first-order chi connectivity index (χ1) is 11.1. The summed E-state index contributed by atoms with van der Waals surface area (Å²) in [5.41, 5.74) is 0. The summed E-state index contributed by atoms with van der Waals surface area (Å²) in [6.45, 7) is 12.4. The molecule has 2 fully saturated rings. The zero-order chi connectivity index (χ0) is 16.7. The van der Waals surface area contributed by atoms with E-state index >= 15 is 0 Å². The second kappa shape index (κ2) is 11.4. The summed E-state index contributed by atoms with van der Waals surface area (Å²) in [4.78, 5) is 20.8. The molecule has 2 heterocycles. The average molecular weight is 468 g/mol. The van der Waals surface area contributed by atoms with Crippen molar-refractivity contribution >= 4 is 47.6 Å². The summed E-state index contributed by atoms with van der Waals surface area (Å²) in [6.07, 6.45) is 2.71. The molecule has 1 amide bonds. The Bertz CT molecular complexity index is 419. The predicted molar refractivity (Wildman–Crippen MR) is 114 cm³/mol. The van der Waals surface area contributed by atoms with Crippen LogP contribution < -0.4 is 5.32 Å². The van der Waals surface area contributed by atoms with Crippen molar-refractivity contribution in [3.05, 3.63) is 0 Å². The Labute approximate surface area is 168 Å². The Balaban J connectivity index is 0.00000288. The second-order valence-corrected chi connectivity index (χ2v) is 8.02. The number of thioether (sulfide) groups is 1. The molecule has 140 valence electrons. The lowest BCUT2D eigenvalue weighted by Gasteiger charge is -2.36. The van der Waals surface area contributed by atoms with Crippen LogP contribution in [0.3, 0.4) is 0 Å². The molecular formula is C17H33IN4OS. The summed E-state index contributed by atoms with van der Waals surface area (Å²) >= 11 is 2.09. The van der Waals surface area contributed by atoms with Gasteiger partial charge in [-0.3, -0.25) is 9.79 Å². The first-order valence-corrected chi connectivity index (χ1v) is 10.1. The topological polar surface area (TPSA) is 47.9 Å². The van der Waals surface area contributed by atoms with E-state index in [9.17, 15) is 4.79 Å². The standard InChI is InChI=1S/C17H32N4OS.HI/c1-4-18-17(21-11-12-23-15(13-21)14(2)3)19-8-6-10-20-9-5-7-16(20)22;/h14-15H,4-13H2,1-3H3,(H,18,19);1H. The van der Waals surface area contributed by atoms with E-state index in [4.69, 9.17) is 4.99 Å². The lowest BCUT2D eigenvalue weighted by Crippen LogP contribution is -2.49. The second-order valence-electron chi connectivity index (χ2n) is 6.67. The van der Waals surface area contributed by atoms with Gasteiger partial charge in [-0.25, -0.2) is 0 Å². The molecule has 1 atom stereocenters. The van der Waals surface area contributed by atoms with Crippen LogP contribution in [0.15, 0.2) is 4.99 Å². The van der Waals surface area contributed by atoms with Crippen LogP contribution in [0, 0.1) is 5.92 Å². The minimum atomic E-state index is 0. The van der Waals surface area contributed by atoms with E-state index in [1.165, 1.54) is 5.75 Å². The van der Waals surface area contributed by atoms with Crippen LogP contribution in [0.5, 0.6) is 0 Å². The largest absolute Gasteiger partial charge is 0.357 e. The van der Waals surface area contributed by atoms with Gasteiger partial charge < -0.3 is 15.1 Å². The number of nitrogens with one attached hydrogen (secondary N) is 1. The SMILES string of the molecule is CCNC(=NCCCN1CCCC1=O)N1CCSC(C(C)C)C1.I. The summed E-state index contributed by atoms with van der Waals surface area (Å²) < 4.78 is 0. The Hall–Kier alpha value is -0.180. The number of halogens is 1. The van der Waals surface area contributed by atoms with Crippen LogP contribution in [0.1, 0.15) is 40.0 Å². The Morgan fingerprint density at radius 3 is 2.83 bits per heavy atom. The number of nitrogens with zero attached hydrogens (tertiary/aromatic N) is 3. The van der Waals surface area contributed by atoms with E-state index in [-0.39, 0.29) is 24.0 Å². The number of rotatable bonds is 6. The van der Waals surface area contributed by atoms with Crippen molar-refractivity contribution in [2.45, 2.75) is 45.3 Å². The van der Waals surface area contributed by atoms with Gasteiger partial charge in [0.1, 0.15) is 0 Å². The van der Waals surface area contributed by atoms with Gasteiger partial charge in [0.05, 0.1) is 0 Å². The van der Waals surface area contributed by atoms with Crippen molar-refractivity contribution < 1.29 is 4.79 Å². The predicted octanol–water partition coefficient (Wildman–Crippen LogP) is 2.66. The highest BCUT2D eigenvalue weighted by Gasteiger charge is 2.25. The van der Waals surface area contributed by atoms with Gasteiger partial charge in [0, 0.05) is 56.7 Å². The number of carbonyl (C=O) groups is 1. The maximum absolute atomic E-state index is 11.6. The number of amides is 1. The van der Waals surface area contributed by atoms with E-state index in [1.807, 2.05) is 4.90 Å². The van der Waals surface area contributed by atoms with E-state index in [0.29, 0.717) is 17.1 Å². The monoisotopic (exact) mass is 468 g/mol. The molecule has 1 unspecified atom stereocenters. The van der Waals surface area contributed by atoms with Crippen LogP contribution in [-0.2, 0) is 4.79 Å². The normalized spacial score (nSPS) is 22.1. The molecule has 1 N–H and O–H groups in total. The molecule has 2 aliphatic heterocycles. The number of hydrogen-bond acceptors (Lipinski definition) is 3. The highest BCUT2D eigenvalue weighted by Crippen LogP contribution is 2.24. The van der Waals surface area contributed by atoms with Crippen molar-refractivity contribution in [3.8, 4) is 0 Å². The molecule has 5 nitrogen and oxygen atoms in total. The maximum atomic E-state index is 11.6. The smallest absolute Gasteiger partial charge is 0.222 e. The lowest BCUT2D eigenvalue weighted by molar-refractivity contribution is -0.127. The molecule has 24 heavy (non-hydrogen) atoms. The van der Waals surface area contributed by atoms with E-state index < -0.39 is 0 Å². The first-order valence-electron chi connectivity index (χ1n) is 9.04. The van der Waals surface area contributed by atoms with Crippen LogP contribution in [0.4, 0.5) is 0 Å².